The van der Waals surface area contributed by atoms with Crippen molar-refractivity contribution in [2.24, 2.45) is 0 Å². The van der Waals surface area contributed by atoms with Gasteiger partial charge in [-0.05, 0) is 25.7 Å². The highest BCUT2D eigenvalue weighted by Gasteiger charge is 2.29. The molecule has 0 spiro atoms. The maximum Gasteiger partial charge on any atom is 0.0570 e. The van der Waals surface area contributed by atoms with E-state index in [9.17, 15) is 0 Å². The summed E-state index contributed by atoms with van der Waals surface area (Å²) in [6.45, 7) is 0. The molecule has 0 aliphatic heterocycles. The number of rotatable bonds is 2. The van der Waals surface area contributed by atoms with E-state index >= 15 is 0 Å². The molecule has 2 aliphatic rings. The second kappa shape index (κ2) is 3.75. The Bertz CT molecular complexity index is 137. The lowest BCUT2D eigenvalue weighted by Gasteiger charge is -2.36. The van der Waals surface area contributed by atoms with Gasteiger partial charge in [0.05, 0.1) is 6.10 Å². The molecule has 2 aliphatic carbocycles. The van der Waals surface area contributed by atoms with Gasteiger partial charge in [0, 0.05) is 12.1 Å². The molecule has 0 aromatic rings. The molecule has 0 unspecified atom stereocenters. The maximum absolute atomic E-state index is 9.11. The Morgan fingerprint density at radius 1 is 0.917 bits per heavy atom. The minimum atomic E-state index is -0.00825. The lowest BCUT2D eigenvalue weighted by atomic mass is 9.87. The number of aliphatic hydroxyl groups excluding tert-OH is 1. The van der Waals surface area contributed by atoms with Gasteiger partial charge in [0.15, 0.2) is 0 Å². The van der Waals surface area contributed by atoms with E-state index in [2.05, 4.69) is 5.32 Å². The van der Waals surface area contributed by atoms with Crippen molar-refractivity contribution >= 4 is 0 Å². The molecule has 2 N–H and O–H groups in total. The molecule has 2 heteroatoms. The predicted molar refractivity (Wildman–Crippen MR) is 49.0 cm³/mol. The van der Waals surface area contributed by atoms with Crippen LogP contribution in [0, 0.1) is 0 Å². The molecule has 2 fully saturated rings. The third-order valence-corrected chi connectivity index (χ3v) is 3.19. The largest absolute Gasteiger partial charge is 0.393 e. The summed E-state index contributed by atoms with van der Waals surface area (Å²) in [4.78, 5) is 0. The Morgan fingerprint density at radius 3 is 2.17 bits per heavy atom. The average molecular weight is 169 g/mol. The van der Waals surface area contributed by atoms with Crippen molar-refractivity contribution in [2.75, 3.05) is 0 Å². The summed E-state index contributed by atoms with van der Waals surface area (Å²) < 4.78 is 0. The van der Waals surface area contributed by atoms with Gasteiger partial charge in [0.25, 0.3) is 0 Å². The van der Waals surface area contributed by atoms with Crippen LogP contribution in [-0.2, 0) is 0 Å². The van der Waals surface area contributed by atoms with E-state index in [1.165, 1.54) is 32.1 Å². The molecule has 2 nitrogen and oxygen atoms in total. The molecule has 0 heterocycles. The van der Waals surface area contributed by atoms with Crippen LogP contribution < -0.4 is 5.32 Å². The van der Waals surface area contributed by atoms with Gasteiger partial charge >= 0.3 is 0 Å². The van der Waals surface area contributed by atoms with Crippen molar-refractivity contribution in [3.8, 4) is 0 Å². The molecule has 12 heavy (non-hydrogen) atoms. The van der Waals surface area contributed by atoms with Crippen LogP contribution in [0.25, 0.3) is 0 Å². The first-order valence-corrected chi connectivity index (χ1v) is 5.29. The minimum Gasteiger partial charge on any atom is -0.393 e. The van der Waals surface area contributed by atoms with Crippen LogP contribution in [0.5, 0.6) is 0 Å². The third kappa shape index (κ3) is 1.99. The Balaban J connectivity index is 1.65. The van der Waals surface area contributed by atoms with E-state index in [-0.39, 0.29) is 6.10 Å². The first kappa shape index (κ1) is 8.52. The summed E-state index contributed by atoms with van der Waals surface area (Å²) in [5.41, 5.74) is 0. The Hall–Kier alpha value is -0.0800. The monoisotopic (exact) mass is 169 g/mol. The van der Waals surface area contributed by atoms with Crippen LogP contribution in [0.4, 0.5) is 0 Å². The topological polar surface area (TPSA) is 32.3 Å². The van der Waals surface area contributed by atoms with Crippen molar-refractivity contribution in [3.63, 3.8) is 0 Å². The fourth-order valence-electron chi connectivity index (χ4n) is 2.33. The third-order valence-electron chi connectivity index (χ3n) is 3.19. The first-order valence-electron chi connectivity index (χ1n) is 5.29. The van der Waals surface area contributed by atoms with Crippen molar-refractivity contribution in [1.82, 2.24) is 5.32 Å². The maximum atomic E-state index is 9.11. The van der Waals surface area contributed by atoms with Crippen LogP contribution in [0.3, 0.4) is 0 Å². The van der Waals surface area contributed by atoms with Crippen molar-refractivity contribution < 1.29 is 5.11 Å². The highest BCUT2D eigenvalue weighted by molar-refractivity contribution is 4.87. The zero-order valence-corrected chi connectivity index (χ0v) is 7.63. The molecular weight excluding hydrogens is 150 g/mol. The van der Waals surface area contributed by atoms with Crippen molar-refractivity contribution in [3.05, 3.63) is 0 Å². The molecular formula is C10H19NO. The van der Waals surface area contributed by atoms with Crippen molar-refractivity contribution in [2.45, 2.75) is 63.1 Å². The van der Waals surface area contributed by atoms with Gasteiger partial charge in [0.1, 0.15) is 0 Å². The highest BCUT2D eigenvalue weighted by Crippen LogP contribution is 2.24. The summed E-state index contributed by atoms with van der Waals surface area (Å²) in [7, 11) is 0. The molecule has 0 bridgehead atoms. The van der Waals surface area contributed by atoms with Crippen LogP contribution >= 0.6 is 0 Å². The second-order valence-electron chi connectivity index (χ2n) is 4.32. The lowest BCUT2D eigenvalue weighted by molar-refractivity contribution is 0.0554. The van der Waals surface area contributed by atoms with E-state index in [0.29, 0.717) is 6.04 Å². The van der Waals surface area contributed by atoms with Crippen LogP contribution in [0.15, 0.2) is 0 Å². The lowest BCUT2D eigenvalue weighted by Crippen LogP contribution is -2.48. The number of hydrogen-bond acceptors (Lipinski definition) is 2. The summed E-state index contributed by atoms with van der Waals surface area (Å²) in [5.74, 6) is 0. The Labute approximate surface area is 74.4 Å². The van der Waals surface area contributed by atoms with E-state index in [4.69, 9.17) is 5.11 Å². The van der Waals surface area contributed by atoms with Gasteiger partial charge in [-0.3, -0.25) is 0 Å². The summed E-state index contributed by atoms with van der Waals surface area (Å²) >= 11 is 0. The Morgan fingerprint density at radius 2 is 1.58 bits per heavy atom. The van der Waals surface area contributed by atoms with Gasteiger partial charge < -0.3 is 10.4 Å². The van der Waals surface area contributed by atoms with Gasteiger partial charge in [-0.1, -0.05) is 19.3 Å². The number of aliphatic hydroxyl groups is 1. The molecule has 0 aromatic carbocycles. The quantitative estimate of drug-likeness (QED) is 0.655. The van der Waals surface area contributed by atoms with E-state index in [1.807, 2.05) is 0 Å². The first-order chi connectivity index (χ1) is 5.84. The summed E-state index contributed by atoms with van der Waals surface area (Å²) in [6.07, 6.45) is 8.88. The summed E-state index contributed by atoms with van der Waals surface area (Å²) in [6, 6.07) is 1.39. The SMILES string of the molecule is OC1CC(NC2CCCCC2)C1. The summed E-state index contributed by atoms with van der Waals surface area (Å²) in [5, 5.41) is 12.7. The van der Waals surface area contributed by atoms with Crippen molar-refractivity contribution in [1.29, 1.82) is 0 Å². The predicted octanol–water partition coefficient (Wildman–Crippen LogP) is 1.43. The normalized spacial score (nSPS) is 37.8. The van der Waals surface area contributed by atoms with E-state index in [0.717, 1.165) is 18.9 Å². The standard InChI is InChI=1S/C10H19NO/c12-10-6-9(7-10)11-8-4-2-1-3-5-8/h8-12H,1-7H2. The van der Waals surface area contributed by atoms with E-state index in [1.54, 1.807) is 0 Å². The number of hydrogen-bond donors (Lipinski definition) is 2. The van der Waals surface area contributed by atoms with E-state index < -0.39 is 0 Å². The molecule has 2 saturated carbocycles. The Kier molecular flexibility index (Phi) is 2.66. The molecule has 0 amide bonds. The zero-order valence-electron chi connectivity index (χ0n) is 7.63. The van der Waals surface area contributed by atoms with Gasteiger partial charge in [-0.25, -0.2) is 0 Å². The average Bonchev–Trinajstić information content (AvgIpc) is 2.04. The minimum absolute atomic E-state index is 0.00825. The zero-order chi connectivity index (χ0) is 8.39. The van der Waals surface area contributed by atoms with Gasteiger partial charge in [0.2, 0.25) is 0 Å². The molecule has 0 atom stereocenters. The highest BCUT2D eigenvalue weighted by atomic mass is 16.3. The molecule has 70 valence electrons. The fraction of sp³-hybridized carbons (Fsp3) is 1.00. The van der Waals surface area contributed by atoms with Gasteiger partial charge in [-0.15, -0.1) is 0 Å². The van der Waals surface area contributed by atoms with Crippen LogP contribution in [0.1, 0.15) is 44.9 Å². The number of nitrogens with one attached hydrogen (secondary N) is 1. The molecule has 0 saturated heterocycles. The second-order valence-corrected chi connectivity index (χ2v) is 4.32. The van der Waals surface area contributed by atoms with Crippen LogP contribution in [-0.4, -0.2) is 23.3 Å². The van der Waals surface area contributed by atoms with Crippen LogP contribution in [0.2, 0.25) is 0 Å². The molecule has 2 rings (SSSR count). The fourth-order valence-corrected chi connectivity index (χ4v) is 2.33. The van der Waals surface area contributed by atoms with Gasteiger partial charge in [-0.2, -0.15) is 0 Å². The molecule has 0 radical (unpaired) electrons. The smallest absolute Gasteiger partial charge is 0.0570 e. The molecule has 0 aromatic heterocycles.